The molecule has 1 aromatic rings. The van der Waals surface area contributed by atoms with Crippen LogP contribution in [0.2, 0.25) is 0 Å². The van der Waals surface area contributed by atoms with E-state index in [0.29, 0.717) is 24.3 Å². The summed E-state index contributed by atoms with van der Waals surface area (Å²) in [6.45, 7) is 4.13. The zero-order valence-electron chi connectivity index (χ0n) is 12.6. The SMILES string of the molecule is CCNCc1ccc(S(=O)(=O)N(C)CC2CC(O)C2)cc1. The lowest BCUT2D eigenvalue weighted by atomic mass is 9.82. The highest BCUT2D eigenvalue weighted by Gasteiger charge is 2.31. The molecule has 0 aliphatic heterocycles. The Labute approximate surface area is 127 Å². The predicted molar refractivity (Wildman–Crippen MR) is 82.4 cm³/mol. The van der Waals surface area contributed by atoms with Gasteiger partial charge in [-0.15, -0.1) is 0 Å². The van der Waals surface area contributed by atoms with Gasteiger partial charge < -0.3 is 10.4 Å². The van der Waals surface area contributed by atoms with Gasteiger partial charge in [-0.25, -0.2) is 12.7 Å². The van der Waals surface area contributed by atoms with Gasteiger partial charge in [0, 0.05) is 20.1 Å². The summed E-state index contributed by atoms with van der Waals surface area (Å²) in [6.07, 6.45) is 1.14. The van der Waals surface area contributed by atoms with Crippen LogP contribution in [0.15, 0.2) is 29.2 Å². The average molecular weight is 312 g/mol. The summed E-state index contributed by atoms with van der Waals surface area (Å²) in [4.78, 5) is 0.324. The number of benzene rings is 1. The highest BCUT2D eigenvalue weighted by atomic mass is 32.2. The maximum Gasteiger partial charge on any atom is 0.242 e. The van der Waals surface area contributed by atoms with Gasteiger partial charge in [-0.1, -0.05) is 19.1 Å². The standard InChI is InChI=1S/C15H24N2O3S/c1-3-16-10-12-4-6-15(7-5-12)21(19,20)17(2)11-13-8-14(18)9-13/h4-7,13-14,16,18H,3,8-11H2,1-2H3. The normalized spacial score (nSPS) is 22.3. The zero-order valence-corrected chi connectivity index (χ0v) is 13.4. The first-order valence-electron chi connectivity index (χ1n) is 7.37. The minimum Gasteiger partial charge on any atom is -0.393 e. The Morgan fingerprint density at radius 1 is 1.29 bits per heavy atom. The molecule has 0 radical (unpaired) electrons. The van der Waals surface area contributed by atoms with E-state index in [0.717, 1.165) is 18.7 Å². The third kappa shape index (κ3) is 4.03. The van der Waals surface area contributed by atoms with Crippen LogP contribution < -0.4 is 5.32 Å². The van der Waals surface area contributed by atoms with Crippen molar-refractivity contribution in [3.05, 3.63) is 29.8 Å². The molecular formula is C15H24N2O3S. The fourth-order valence-corrected chi connectivity index (χ4v) is 3.79. The Hall–Kier alpha value is -0.950. The van der Waals surface area contributed by atoms with Crippen LogP contribution in [0, 0.1) is 5.92 Å². The summed E-state index contributed by atoms with van der Waals surface area (Å²) in [5.74, 6) is 0.271. The maximum atomic E-state index is 12.5. The van der Waals surface area contributed by atoms with Crippen molar-refractivity contribution in [1.29, 1.82) is 0 Å². The van der Waals surface area contributed by atoms with E-state index in [1.54, 1.807) is 19.2 Å². The minimum absolute atomic E-state index is 0.253. The molecule has 1 fully saturated rings. The van der Waals surface area contributed by atoms with E-state index in [-0.39, 0.29) is 12.0 Å². The minimum atomic E-state index is -3.43. The summed E-state index contributed by atoms with van der Waals surface area (Å²) in [7, 11) is -1.83. The van der Waals surface area contributed by atoms with Crippen molar-refractivity contribution in [3.63, 3.8) is 0 Å². The third-order valence-corrected chi connectivity index (χ3v) is 5.77. The summed E-state index contributed by atoms with van der Waals surface area (Å²) < 4.78 is 26.3. The highest BCUT2D eigenvalue weighted by molar-refractivity contribution is 7.89. The molecule has 2 rings (SSSR count). The van der Waals surface area contributed by atoms with Crippen molar-refractivity contribution < 1.29 is 13.5 Å². The fraction of sp³-hybridized carbons (Fsp3) is 0.600. The second-order valence-electron chi connectivity index (χ2n) is 5.70. The molecule has 1 aliphatic carbocycles. The van der Waals surface area contributed by atoms with Crippen LogP contribution >= 0.6 is 0 Å². The molecule has 118 valence electrons. The molecule has 1 saturated carbocycles. The van der Waals surface area contributed by atoms with Crippen molar-refractivity contribution in [1.82, 2.24) is 9.62 Å². The van der Waals surface area contributed by atoms with E-state index >= 15 is 0 Å². The van der Waals surface area contributed by atoms with Gasteiger partial charge in [0.25, 0.3) is 0 Å². The van der Waals surface area contributed by atoms with E-state index in [2.05, 4.69) is 5.32 Å². The molecule has 0 unspecified atom stereocenters. The van der Waals surface area contributed by atoms with E-state index < -0.39 is 10.0 Å². The molecule has 0 atom stereocenters. The molecule has 5 nitrogen and oxygen atoms in total. The van der Waals surface area contributed by atoms with Crippen LogP contribution in [-0.4, -0.2) is 44.1 Å². The molecule has 0 heterocycles. The van der Waals surface area contributed by atoms with E-state index in [4.69, 9.17) is 0 Å². The van der Waals surface area contributed by atoms with Gasteiger partial charge in [-0.3, -0.25) is 0 Å². The fourth-order valence-electron chi connectivity index (χ4n) is 2.54. The Bertz CT molecular complexity index is 551. The lowest BCUT2D eigenvalue weighted by molar-refractivity contribution is 0.0367. The van der Waals surface area contributed by atoms with Gasteiger partial charge in [-0.2, -0.15) is 0 Å². The second-order valence-corrected chi connectivity index (χ2v) is 7.75. The van der Waals surface area contributed by atoms with Crippen molar-refractivity contribution in [2.45, 2.75) is 37.3 Å². The number of hydrogen-bond donors (Lipinski definition) is 2. The maximum absolute atomic E-state index is 12.5. The van der Waals surface area contributed by atoms with Crippen molar-refractivity contribution in [2.75, 3.05) is 20.1 Å². The number of aliphatic hydroxyl groups is 1. The Kier molecular flexibility index (Phi) is 5.37. The lowest BCUT2D eigenvalue weighted by Crippen LogP contribution is -2.39. The summed E-state index contributed by atoms with van der Waals surface area (Å²) in [6, 6.07) is 7.01. The van der Waals surface area contributed by atoms with E-state index in [1.807, 2.05) is 19.1 Å². The molecule has 1 aromatic carbocycles. The van der Waals surface area contributed by atoms with Gasteiger partial charge in [0.15, 0.2) is 0 Å². The van der Waals surface area contributed by atoms with Crippen LogP contribution in [0.5, 0.6) is 0 Å². The highest BCUT2D eigenvalue weighted by Crippen LogP contribution is 2.29. The van der Waals surface area contributed by atoms with Gasteiger partial charge in [0.2, 0.25) is 10.0 Å². The van der Waals surface area contributed by atoms with Crippen LogP contribution in [0.1, 0.15) is 25.3 Å². The van der Waals surface area contributed by atoms with Crippen molar-refractivity contribution in [2.24, 2.45) is 5.92 Å². The molecular weight excluding hydrogens is 288 g/mol. The summed E-state index contributed by atoms with van der Waals surface area (Å²) in [5.41, 5.74) is 1.07. The molecule has 2 N–H and O–H groups in total. The first-order valence-corrected chi connectivity index (χ1v) is 8.81. The lowest BCUT2D eigenvalue weighted by Gasteiger charge is -2.34. The molecule has 21 heavy (non-hydrogen) atoms. The van der Waals surface area contributed by atoms with Gasteiger partial charge in [0.05, 0.1) is 11.0 Å². The number of aliphatic hydroxyl groups excluding tert-OH is 1. The topological polar surface area (TPSA) is 69.6 Å². The van der Waals surface area contributed by atoms with Crippen molar-refractivity contribution in [3.8, 4) is 0 Å². The van der Waals surface area contributed by atoms with Crippen LogP contribution in [0.3, 0.4) is 0 Å². The van der Waals surface area contributed by atoms with Crippen molar-refractivity contribution >= 4 is 10.0 Å². The molecule has 0 bridgehead atoms. The number of nitrogens with one attached hydrogen (secondary N) is 1. The molecule has 0 saturated heterocycles. The second kappa shape index (κ2) is 6.87. The molecule has 0 amide bonds. The van der Waals surface area contributed by atoms with E-state index in [9.17, 15) is 13.5 Å². The Morgan fingerprint density at radius 2 is 1.90 bits per heavy atom. The van der Waals surface area contributed by atoms with Crippen LogP contribution in [0.25, 0.3) is 0 Å². The summed E-state index contributed by atoms with van der Waals surface area (Å²) in [5, 5.41) is 12.5. The Balaban J connectivity index is 2.00. The Morgan fingerprint density at radius 3 is 2.43 bits per heavy atom. The number of rotatable bonds is 7. The smallest absolute Gasteiger partial charge is 0.242 e. The largest absolute Gasteiger partial charge is 0.393 e. The molecule has 0 aromatic heterocycles. The first-order chi connectivity index (χ1) is 9.93. The van der Waals surface area contributed by atoms with Gasteiger partial charge in [0.1, 0.15) is 0 Å². The number of nitrogens with zero attached hydrogens (tertiary/aromatic N) is 1. The number of hydrogen-bond acceptors (Lipinski definition) is 4. The van der Waals surface area contributed by atoms with Gasteiger partial charge >= 0.3 is 0 Å². The molecule has 6 heteroatoms. The average Bonchev–Trinajstić information content (AvgIpc) is 2.43. The van der Waals surface area contributed by atoms with Gasteiger partial charge in [-0.05, 0) is 43.0 Å². The molecule has 1 aliphatic rings. The molecule has 0 spiro atoms. The third-order valence-electron chi connectivity index (χ3n) is 3.94. The summed E-state index contributed by atoms with van der Waals surface area (Å²) >= 11 is 0. The zero-order chi connectivity index (χ0) is 15.5. The predicted octanol–water partition coefficient (Wildman–Crippen LogP) is 1.19. The first kappa shape index (κ1) is 16.4. The monoisotopic (exact) mass is 312 g/mol. The van der Waals surface area contributed by atoms with Crippen LogP contribution in [0.4, 0.5) is 0 Å². The number of sulfonamides is 1. The van der Waals surface area contributed by atoms with Crippen LogP contribution in [-0.2, 0) is 16.6 Å². The quantitative estimate of drug-likeness (QED) is 0.793. The van der Waals surface area contributed by atoms with E-state index in [1.165, 1.54) is 4.31 Å².